The Balaban J connectivity index is 2.24. The van der Waals surface area contributed by atoms with Gasteiger partial charge in [0.15, 0.2) is 9.84 Å². The molecule has 0 radical (unpaired) electrons. The van der Waals surface area contributed by atoms with Crippen molar-refractivity contribution in [2.45, 2.75) is 12.5 Å². The zero-order chi connectivity index (χ0) is 13.3. The number of halogens is 1. The quantitative estimate of drug-likeness (QED) is 0.793. The minimum absolute atomic E-state index is 0.00776. The molecule has 1 saturated heterocycles. The number of sulfone groups is 1. The fourth-order valence-electron chi connectivity index (χ4n) is 2.16. The zero-order valence-electron chi connectivity index (χ0n) is 9.97. The number of carbonyl (C=O) groups excluding carboxylic acids is 1. The molecule has 0 N–H and O–H groups in total. The molecule has 1 atom stereocenters. The lowest BCUT2D eigenvalue weighted by Crippen LogP contribution is -2.32. The topological polar surface area (TPSA) is 54.5 Å². The van der Waals surface area contributed by atoms with Crippen LogP contribution in [-0.4, -0.2) is 39.3 Å². The first kappa shape index (κ1) is 13.5. The van der Waals surface area contributed by atoms with Crippen LogP contribution in [0, 0.1) is 0 Å². The van der Waals surface area contributed by atoms with Gasteiger partial charge in [-0.15, -0.1) is 0 Å². The van der Waals surface area contributed by atoms with Gasteiger partial charge in [0, 0.05) is 23.1 Å². The van der Waals surface area contributed by atoms with Crippen LogP contribution in [0.3, 0.4) is 0 Å². The predicted octanol–water partition coefficient (Wildman–Crippen LogP) is 1.88. The average Bonchev–Trinajstić information content (AvgIpc) is 2.68. The summed E-state index contributed by atoms with van der Waals surface area (Å²) < 4.78 is 23.8. The van der Waals surface area contributed by atoms with Crippen LogP contribution in [0.5, 0.6) is 0 Å². The van der Waals surface area contributed by atoms with Crippen molar-refractivity contribution in [3.8, 4) is 0 Å². The van der Waals surface area contributed by atoms with E-state index in [1.54, 1.807) is 12.1 Å². The maximum absolute atomic E-state index is 11.5. The molecule has 1 fully saturated rings. The molecule has 4 nitrogen and oxygen atoms in total. The molecule has 0 amide bonds. The summed E-state index contributed by atoms with van der Waals surface area (Å²) in [5.41, 5.74) is 1.50. The minimum atomic E-state index is -2.89. The SMILES string of the molecule is CN(c1ccc(C=O)cc1Br)C1CCS(=O)(=O)C1. The lowest BCUT2D eigenvalue weighted by molar-refractivity contribution is 0.112. The third-order valence-corrected chi connectivity index (χ3v) is 5.63. The van der Waals surface area contributed by atoms with Gasteiger partial charge in [0.2, 0.25) is 0 Å². The Hall–Kier alpha value is -0.880. The fraction of sp³-hybridized carbons (Fsp3) is 0.417. The molecule has 0 bridgehead atoms. The maximum Gasteiger partial charge on any atom is 0.152 e. The lowest BCUT2D eigenvalue weighted by Gasteiger charge is -2.26. The second-order valence-corrected chi connectivity index (χ2v) is 7.58. The molecule has 98 valence electrons. The van der Waals surface area contributed by atoms with Crippen molar-refractivity contribution < 1.29 is 13.2 Å². The smallest absolute Gasteiger partial charge is 0.152 e. The monoisotopic (exact) mass is 331 g/mol. The molecule has 2 rings (SSSR count). The summed E-state index contributed by atoms with van der Waals surface area (Å²) in [6.07, 6.45) is 1.44. The third kappa shape index (κ3) is 2.75. The van der Waals surface area contributed by atoms with E-state index in [0.717, 1.165) is 16.4 Å². The Kier molecular flexibility index (Phi) is 3.77. The first-order valence-electron chi connectivity index (χ1n) is 5.61. The van der Waals surface area contributed by atoms with Crippen LogP contribution >= 0.6 is 15.9 Å². The summed E-state index contributed by atoms with van der Waals surface area (Å²) in [4.78, 5) is 12.6. The van der Waals surface area contributed by atoms with Gasteiger partial charge in [-0.1, -0.05) is 0 Å². The van der Waals surface area contributed by atoms with E-state index in [1.165, 1.54) is 0 Å². The van der Waals surface area contributed by atoms with E-state index in [4.69, 9.17) is 0 Å². The predicted molar refractivity (Wildman–Crippen MR) is 75.0 cm³/mol. The van der Waals surface area contributed by atoms with Gasteiger partial charge in [-0.05, 0) is 40.5 Å². The average molecular weight is 332 g/mol. The summed E-state index contributed by atoms with van der Waals surface area (Å²) in [6, 6.07) is 5.31. The summed E-state index contributed by atoms with van der Waals surface area (Å²) in [5.74, 6) is 0.456. The van der Waals surface area contributed by atoms with Crippen molar-refractivity contribution in [1.29, 1.82) is 0 Å². The summed E-state index contributed by atoms with van der Waals surface area (Å²) in [7, 11) is -1.01. The Morgan fingerprint density at radius 2 is 2.17 bits per heavy atom. The molecule has 18 heavy (non-hydrogen) atoms. The van der Waals surface area contributed by atoms with E-state index < -0.39 is 9.84 Å². The molecule has 1 aromatic rings. The van der Waals surface area contributed by atoms with E-state index in [-0.39, 0.29) is 17.5 Å². The normalized spacial score (nSPS) is 21.8. The number of aldehydes is 1. The van der Waals surface area contributed by atoms with Gasteiger partial charge in [-0.3, -0.25) is 4.79 Å². The Morgan fingerprint density at radius 3 is 2.67 bits per heavy atom. The van der Waals surface area contributed by atoms with Crippen LogP contribution in [0.25, 0.3) is 0 Å². The van der Waals surface area contributed by atoms with Crippen molar-refractivity contribution in [1.82, 2.24) is 0 Å². The van der Waals surface area contributed by atoms with Crippen molar-refractivity contribution in [3.63, 3.8) is 0 Å². The molecule has 1 unspecified atom stereocenters. The molecule has 6 heteroatoms. The van der Waals surface area contributed by atoms with E-state index in [2.05, 4.69) is 15.9 Å². The number of benzene rings is 1. The first-order valence-corrected chi connectivity index (χ1v) is 8.22. The Labute approximate surface area is 115 Å². The Bertz CT molecular complexity index is 571. The largest absolute Gasteiger partial charge is 0.370 e. The summed E-state index contributed by atoms with van der Waals surface area (Å²) in [5, 5.41) is 0. The highest BCUT2D eigenvalue weighted by atomic mass is 79.9. The molecule has 0 aromatic heterocycles. The first-order chi connectivity index (χ1) is 8.43. The van der Waals surface area contributed by atoms with Gasteiger partial charge in [0.25, 0.3) is 0 Å². The second kappa shape index (κ2) is 5.01. The Morgan fingerprint density at radius 1 is 1.44 bits per heavy atom. The summed E-state index contributed by atoms with van der Waals surface area (Å²) >= 11 is 3.41. The highest BCUT2D eigenvalue weighted by Gasteiger charge is 2.31. The van der Waals surface area contributed by atoms with Crippen molar-refractivity contribution in [2.75, 3.05) is 23.5 Å². The number of nitrogens with zero attached hydrogens (tertiary/aromatic N) is 1. The van der Waals surface area contributed by atoms with Gasteiger partial charge < -0.3 is 4.90 Å². The zero-order valence-corrected chi connectivity index (χ0v) is 12.4. The third-order valence-electron chi connectivity index (χ3n) is 3.24. The maximum atomic E-state index is 11.5. The van der Waals surface area contributed by atoms with Gasteiger partial charge in [0.05, 0.1) is 17.2 Å². The van der Waals surface area contributed by atoms with E-state index in [9.17, 15) is 13.2 Å². The van der Waals surface area contributed by atoms with Crippen LogP contribution in [0.1, 0.15) is 16.8 Å². The highest BCUT2D eigenvalue weighted by Crippen LogP contribution is 2.30. The summed E-state index contributed by atoms with van der Waals surface area (Å²) in [6.45, 7) is 0. The molecule has 1 heterocycles. The molecule has 1 aromatic carbocycles. The van der Waals surface area contributed by atoms with E-state index >= 15 is 0 Å². The number of carbonyl (C=O) groups is 1. The number of hydrogen-bond donors (Lipinski definition) is 0. The van der Waals surface area contributed by atoms with Crippen molar-refractivity contribution in [3.05, 3.63) is 28.2 Å². The van der Waals surface area contributed by atoms with Crippen LogP contribution < -0.4 is 4.90 Å². The van der Waals surface area contributed by atoms with Crippen molar-refractivity contribution >= 4 is 37.7 Å². The lowest BCUT2D eigenvalue weighted by atomic mass is 10.1. The van der Waals surface area contributed by atoms with Gasteiger partial charge >= 0.3 is 0 Å². The molecule has 0 aliphatic carbocycles. The van der Waals surface area contributed by atoms with Crippen molar-refractivity contribution in [2.24, 2.45) is 0 Å². The number of rotatable bonds is 3. The standard InChI is InChI=1S/C12H14BrNO3S/c1-14(10-4-5-18(16,17)8-10)12-3-2-9(7-15)6-11(12)13/h2-3,6-7,10H,4-5,8H2,1H3. The molecular weight excluding hydrogens is 318 g/mol. The minimum Gasteiger partial charge on any atom is -0.370 e. The van der Waals surface area contributed by atoms with Gasteiger partial charge in [0.1, 0.15) is 6.29 Å². The molecule has 0 spiro atoms. The highest BCUT2D eigenvalue weighted by molar-refractivity contribution is 9.10. The molecule has 1 aliphatic heterocycles. The van der Waals surface area contributed by atoms with Crippen LogP contribution in [0.2, 0.25) is 0 Å². The van der Waals surface area contributed by atoms with E-state index in [0.29, 0.717) is 12.0 Å². The van der Waals surface area contributed by atoms with Gasteiger partial charge in [-0.25, -0.2) is 8.42 Å². The molecule has 1 aliphatic rings. The van der Waals surface area contributed by atoms with Crippen LogP contribution in [-0.2, 0) is 9.84 Å². The fourth-order valence-corrected chi connectivity index (χ4v) is 4.61. The number of anilines is 1. The number of hydrogen-bond acceptors (Lipinski definition) is 4. The van der Waals surface area contributed by atoms with Crippen LogP contribution in [0.4, 0.5) is 5.69 Å². The molecule has 0 saturated carbocycles. The van der Waals surface area contributed by atoms with E-state index in [1.807, 2.05) is 18.0 Å². The van der Waals surface area contributed by atoms with Gasteiger partial charge in [-0.2, -0.15) is 0 Å². The molecular formula is C12H14BrNO3S. The second-order valence-electron chi connectivity index (χ2n) is 4.50. The van der Waals surface area contributed by atoms with Crippen LogP contribution in [0.15, 0.2) is 22.7 Å².